The number of phenols is 1. The molecule has 0 fully saturated rings. The summed E-state index contributed by atoms with van der Waals surface area (Å²) < 4.78 is 6.94. The van der Waals surface area contributed by atoms with E-state index in [1.807, 2.05) is 53.1 Å². The SMILES string of the molecule is COc1cc(/C=N\Nc2nc(=O)c3ccccc3n2-c2ccccc2)ccc1O. The third-order valence-electron chi connectivity index (χ3n) is 4.39. The number of benzene rings is 3. The summed E-state index contributed by atoms with van der Waals surface area (Å²) in [7, 11) is 1.48. The van der Waals surface area contributed by atoms with Crippen LogP contribution in [0.3, 0.4) is 0 Å². The Morgan fingerprint density at radius 3 is 2.62 bits per heavy atom. The van der Waals surface area contributed by atoms with Gasteiger partial charge in [0.2, 0.25) is 5.95 Å². The first kappa shape index (κ1) is 18.2. The smallest absolute Gasteiger partial charge is 0.282 e. The van der Waals surface area contributed by atoms with Crippen LogP contribution in [0.2, 0.25) is 0 Å². The Kier molecular flexibility index (Phi) is 4.94. The maximum atomic E-state index is 12.5. The van der Waals surface area contributed by atoms with Crippen LogP contribution in [0.25, 0.3) is 16.6 Å². The highest BCUT2D eigenvalue weighted by Crippen LogP contribution is 2.25. The molecule has 0 aliphatic rings. The number of aromatic nitrogens is 2. The molecule has 4 aromatic rings. The van der Waals surface area contributed by atoms with Gasteiger partial charge in [0.05, 0.1) is 24.2 Å². The Bertz CT molecular complexity index is 1250. The topological polar surface area (TPSA) is 88.7 Å². The first-order valence-corrected chi connectivity index (χ1v) is 8.90. The maximum absolute atomic E-state index is 12.5. The molecule has 0 atom stereocenters. The zero-order valence-electron chi connectivity index (χ0n) is 15.6. The van der Waals surface area contributed by atoms with Gasteiger partial charge in [-0.2, -0.15) is 10.1 Å². The number of hydrazone groups is 1. The van der Waals surface area contributed by atoms with E-state index in [1.54, 1.807) is 24.4 Å². The largest absolute Gasteiger partial charge is 0.504 e. The molecule has 1 heterocycles. The maximum Gasteiger partial charge on any atom is 0.282 e. The molecule has 1 aromatic heterocycles. The fourth-order valence-electron chi connectivity index (χ4n) is 3.02. The second-order valence-electron chi connectivity index (χ2n) is 6.23. The third-order valence-corrected chi connectivity index (χ3v) is 4.39. The summed E-state index contributed by atoms with van der Waals surface area (Å²) in [5.41, 5.74) is 4.81. The lowest BCUT2D eigenvalue weighted by molar-refractivity contribution is 0.373. The standard InChI is InChI=1S/C22H18N4O3/c1-29-20-13-15(11-12-19(20)27)14-23-25-22-24-21(28)17-9-5-6-10-18(17)26(22)16-7-3-2-4-8-16/h2-14,27H,1H3,(H,24,25,28)/b23-14-. The number of aromatic hydroxyl groups is 1. The molecule has 29 heavy (non-hydrogen) atoms. The molecule has 2 N–H and O–H groups in total. The zero-order valence-corrected chi connectivity index (χ0v) is 15.6. The van der Waals surface area contributed by atoms with Crippen molar-refractivity contribution in [3.8, 4) is 17.2 Å². The minimum Gasteiger partial charge on any atom is -0.504 e. The Balaban J connectivity index is 1.77. The van der Waals surface area contributed by atoms with E-state index >= 15 is 0 Å². The summed E-state index contributed by atoms with van der Waals surface area (Å²) >= 11 is 0. The van der Waals surface area contributed by atoms with Crippen molar-refractivity contribution in [1.29, 1.82) is 0 Å². The lowest BCUT2D eigenvalue weighted by Crippen LogP contribution is -2.16. The number of rotatable bonds is 5. The number of methoxy groups -OCH3 is 1. The van der Waals surface area contributed by atoms with Crippen molar-refractivity contribution in [1.82, 2.24) is 9.55 Å². The first-order valence-electron chi connectivity index (χ1n) is 8.90. The van der Waals surface area contributed by atoms with Gasteiger partial charge in [0.1, 0.15) is 0 Å². The van der Waals surface area contributed by atoms with Gasteiger partial charge < -0.3 is 9.84 Å². The number of hydrogen-bond acceptors (Lipinski definition) is 6. The van der Waals surface area contributed by atoms with Gasteiger partial charge in [0.25, 0.3) is 5.56 Å². The van der Waals surface area contributed by atoms with Crippen LogP contribution in [0.4, 0.5) is 5.95 Å². The van der Waals surface area contributed by atoms with E-state index in [0.717, 1.165) is 11.2 Å². The number of nitrogens with one attached hydrogen (secondary N) is 1. The van der Waals surface area contributed by atoms with Gasteiger partial charge in [0.15, 0.2) is 11.5 Å². The number of para-hydroxylation sites is 2. The number of phenolic OH excluding ortho intramolecular Hbond substituents is 1. The lowest BCUT2D eigenvalue weighted by Gasteiger charge is -2.15. The lowest BCUT2D eigenvalue weighted by atomic mass is 10.2. The van der Waals surface area contributed by atoms with Crippen molar-refractivity contribution < 1.29 is 9.84 Å². The van der Waals surface area contributed by atoms with Gasteiger partial charge >= 0.3 is 0 Å². The quantitative estimate of drug-likeness (QED) is 0.405. The second kappa shape index (κ2) is 7.85. The highest BCUT2D eigenvalue weighted by atomic mass is 16.5. The van der Waals surface area contributed by atoms with Crippen molar-refractivity contribution >= 4 is 23.1 Å². The summed E-state index contributed by atoms with van der Waals surface area (Å²) in [6, 6.07) is 21.8. The minimum absolute atomic E-state index is 0.0479. The van der Waals surface area contributed by atoms with Gasteiger partial charge in [0, 0.05) is 5.69 Å². The van der Waals surface area contributed by atoms with Crippen LogP contribution < -0.4 is 15.7 Å². The monoisotopic (exact) mass is 386 g/mol. The van der Waals surface area contributed by atoms with Gasteiger partial charge in [-0.3, -0.25) is 9.36 Å². The molecule has 0 radical (unpaired) electrons. The van der Waals surface area contributed by atoms with Crippen LogP contribution in [0, 0.1) is 0 Å². The van der Waals surface area contributed by atoms with Crippen molar-refractivity contribution in [3.05, 3.63) is 88.7 Å². The van der Waals surface area contributed by atoms with Gasteiger partial charge in [-0.05, 0) is 48.0 Å². The average molecular weight is 386 g/mol. The molecular weight excluding hydrogens is 368 g/mol. The summed E-state index contributed by atoms with van der Waals surface area (Å²) in [6.45, 7) is 0. The molecule has 0 amide bonds. The highest BCUT2D eigenvalue weighted by molar-refractivity contribution is 5.83. The van der Waals surface area contributed by atoms with Gasteiger partial charge in [-0.25, -0.2) is 5.43 Å². The molecular formula is C22H18N4O3. The molecule has 4 rings (SSSR count). The average Bonchev–Trinajstić information content (AvgIpc) is 2.76. The minimum atomic E-state index is -0.336. The normalized spacial score (nSPS) is 11.1. The van der Waals surface area contributed by atoms with E-state index in [4.69, 9.17) is 4.74 Å². The van der Waals surface area contributed by atoms with Crippen LogP contribution in [0.15, 0.2) is 82.7 Å². The molecule has 0 saturated carbocycles. The number of nitrogens with zero attached hydrogens (tertiary/aromatic N) is 3. The van der Waals surface area contributed by atoms with Gasteiger partial charge in [-0.1, -0.05) is 30.3 Å². The van der Waals surface area contributed by atoms with E-state index in [2.05, 4.69) is 15.5 Å². The summed E-state index contributed by atoms with van der Waals surface area (Å²) in [4.78, 5) is 16.7. The predicted octanol–water partition coefficient (Wildman–Crippen LogP) is 3.55. The molecule has 7 nitrogen and oxygen atoms in total. The predicted molar refractivity (Wildman–Crippen MR) is 113 cm³/mol. The van der Waals surface area contributed by atoms with Crippen molar-refractivity contribution in [2.75, 3.05) is 12.5 Å². The van der Waals surface area contributed by atoms with Crippen molar-refractivity contribution in [3.63, 3.8) is 0 Å². The van der Waals surface area contributed by atoms with E-state index in [1.165, 1.54) is 13.2 Å². The molecule has 0 aliphatic carbocycles. The van der Waals surface area contributed by atoms with Crippen LogP contribution in [0.5, 0.6) is 11.5 Å². The summed E-state index contributed by atoms with van der Waals surface area (Å²) in [5.74, 6) is 0.688. The zero-order chi connectivity index (χ0) is 20.2. The van der Waals surface area contributed by atoms with Crippen LogP contribution >= 0.6 is 0 Å². The Morgan fingerprint density at radius 2 is 1.83 bits per heavy atom. The molecule has 0 saturated heterocycles. The van der Waals surface area contributed by atoms with Crippen LogP contribution in [0.1, 0.15) is 5.56 Å². The Labute approximate surface area is 166 Å². The van der Waals surface area contributed by atoms with Crippen LogP contribution in [-0.4, -0.2) is 28.0 Å². The number of fused-ring (bicyclic) bond motifs is 1. The van der Waals surface area contributed by atoms with Gasteiger partial charge in [-0.15, -0.1) is 0 Å². The fraction of sp³-hybridized carbons (Fsp3) is 0.0455. The van der Waals surface area contributed by atoms with E-state index in [-0.39, 0.29) is 11.3 Å². The summed E-state index contributed by atoms with van der Waals surface area (Å²) in [5, 5.41) is 14.4. The third kappa shape index (κ3) is 3.66. The second-order valence-corrected chi connectivity index (χ2v) is 6.23. The molecule has 0 unspecified atom stereocenters. The number of anilines is 1. The first-order chi connectivity index (χ1) is 14.2. The Hall–Kier alpha value is -4.13. The number of hydrogen-bond donors (Lipinski definition) is 2. The van der Waals surface area contributed by atoms with E-state index in [0.29, 0.717) is 22.6 Å². The highest BCUT2D eigenvalue weighted by Gasteiger charge is 2.11. The van der Waals surface area contributed by atoms with E-state index < -0.39 is 0 Å². The fourth-order valence-corrected chi connectivity index (χ4v) is 3.02. The van der Waals surface area contributed by atoms with Crippen LogP contribution in [-0.2, 0) is 0 Å². The number of ether oxygens (including phenoxy) is 1. The van der Waals surface area contributed by atoms with Crippen molar-refractivity contribution in [2.45, 2.75) is 0 Å². The molecule has 0 spiro atoms. The molecule has 0 bridgehead atoms. The Morgan fingerprint density at radius 1 is 1.07 bits per heavy atom. The molecule has 144 valence electrons. The molecule has 3 aromatic carbocycles. The summed E-state index contributed by atoms with van der Waals surface area (Å²) in [6.07, 6.45) is 1.55. The molecule has 7 heteroatoms. The van der Waals surface area contributed by atoms with Crippen molar-refractivity contribution in [2.24, 2.45) is 5.10 Å². The molecule has 0 aliphatic heterocycles. The van der Waals surface area contributed by atoms with E-state index in [9.17, 15) is 9.90 Å².